The Labute approximate surface area is 101 Å². The van der Waals surface area contributed by atoms with Crippen molar-refractivity contribution in [2.75, 3.05) is 18.4 Å². The number of nitrogens with zero attached hydrogens (tertiary/aromatic N) is 2. The summed E-state index contributed by atoms with van der Waals surface area (Å²) in [5, 5.41) is 6.10. The second-order valence-corrected chi connectivity index (χ2v) is 4.39. The first-order valence-corrected chi connectivity index (χ1v) is 6.11. The molecule has 0 bridgehead atoms. The average Bonchev–Trinajstić information content (AvgIpc) is 2.39. The first kappa shape index (κ1) is 12.0. The molecular weight excluding hydrogens is 216 g/mol. The first-order valence-electron chi connectivity index (χ1n) is 6.11. The third-order valence-corrected chi connectivity index (χ3v) is 3.01. The molecule has 1 aromatic rings. The fourth-order valence-corrected chi connectivity index (χ4v) is 2.07. The summed E-state index contributed by atoms with van der Waals surface area (Å²) in [5.74, 6) is 1.19. The van der Waals surface area contributed by atoms with Crippen LogP contribution < -0.4 is 10.6 Å². The molecule has 1 amide bonds. The van der Waals surface area contributed by atoms with E-state index in [0.717, 1.165) is 19.5 Å². The van der Waals surface area contributed by atoms with Crippen molar-refractivity contribution in [3.05, 3.63) is 18.6 Å². The largest absolute Gasteiger partial charge is 0.316 e. The Morgan fingerprint density at radius 2 is 2.47 bits per heavy atom. The maximum Gasteiger partial charge on any atom is 0.225 e. The van der Waals surface area contributed by atoms with E-state index < -0.39 is 0 Å². The topological polar surface area (TPSA) is 66.9 Å². The van der Waals surface area contributed by atoms with Crippen molar-refractivity contribution < 1.29 is 4.79 Å². The molecule has 0 aliphatic carbocycles. The van der Waals surface area contributed by atoms with Gasteiger partial charge in [0.25, 0.3) is 0 Å². The summed E-state index contributed by atoms with van der Waals surface area (Å²) in [6.45, 7) is 2.15. The normalized spacial score (nSPS) is 19.9. The summed E-state index contributed by atoms with van der Waals surface area (Å²) in [7, 11) is 0. The van der Waals surface area contributed by atoms with E-state index in [2.05, 4.69) is 20.6 Å². The predicted octanol–water partition coefficient (Wildman–Crippen LogP) is 1.19. The van der Waals surface area contributed by atoms with Gasteiger partial charge in [-0.05, 0) is 38.3 Å². The minimum atomic E-state index is 0.0241. The van der Waals surface area contributed by atoms with Crippen molar-refractivity contribution in [3.63, 3.8) is 0 Å². The molecule has 92 valence electrons. The maximum atomic E-state index is 11.7. The minimum Gasteiger partial charge on any atom is -0.316 e. The van der Waals surface area contributed by atoms with Crippen LogP contribution in [0.1, 0.15) is 25.7 Å². The lowest BCUT2D eigenvalue weighted by Gasteiger charge is -2.22. The van der Waals surface area contributed by atoms with Crippen molar-refractivity contribution in [1.82, 2.24) is 15.3 Å². The molecule has 1 saturated heterocycles. The predicted molar refractivity (Wildman–Crippen MR) is 65.5 cm³/mol. The summed E-state index contributed by atoms with van der Waals surface area (Å²) in [6.07, 6.45) is 8.66. The smallest absolute Gasteiger partial charge is 0.225 e. The molecule has 1 aliphatic rings. The van der Waals surface area contributed by atoms with Gasteiger partial charge in [0.05, 0.1) is 6.20 Å². The van der Waals surface area contributed by atoms with E-state index in [1.165, 1.54) is 12.8 Å². The fraction of sp³-hybridized carbons (Fsp3) is 0.583. The van der Waals surface area contributed by atoms with E-state index in [-0.39, 0.29) is 5.91 Å². The lowest BCUT2D eigenvalue weighted by Crippen LogP contribution is -2.30. The summed E-state index contributed by atoms with van der Waals surface area (Å²) < 4.78 is 0. The summed E-state index contributed by atoms with van der Waals surface area (Å²) in [6, 6.07) is 0. The van der Waals surface area contributed by atoms with Crippen LogP contribution in [0.2, 0.25) is 0 Å². The molecule has 1 aliphatic heterocycles. The summed E-state index contributed by atoms with van der Waals surface area (Å²) in [4.78, 5) is 19.6. The Morgan fingerprint density at radius 1 is 1.53 bits per heavy atom. The molecular formula is C12H18N4O. The van der Waals surface area contributed by atoms with Crippen molar-refractivity contribution >= 4 is 11.7 Å². The van der Waals surface area contributed by atoms with Crippen LogP contribution in [0.5, 0.6) is 0 Å². The van der Waals surface area contributed by atoms with E-state index in [1.807, 2.05) is 0 Å². The van der Waals surface area contributed by atoms with Crippen molar-refractivity contribution in [2.24, 2.45) is 5.92 Å². The van der Waals surface area contributed by atoms with Crippen molar-refractivity contribution in [3.8, 4) is 0 Å². The van der Waals surface area contributed by atoms with Gasteiger partial charge in [-0.3, -0.25) is 9.78 Å². The van der Waals surface area contributed by atoms with Gasteiger partial charge in [-0.1, -0.05) is 0 Å². The molecule has 0 saturated carbocycles. The molecule has 2 N–H and O–H groups in total. The van der Waals surface area contributed by atoms with Crippen LogP contribution in [-0.2, 0) is 4.79 Å². The Bertz CT molecular complexity index is 349. The van der Waals surface area contributed by atoms with Crippen LogP contribution in [0.4, 0.5) is 5.82 Å². The quantitative estimate of drug-likeness (QED) is 0.821. The van der Waals surface area contributed by atoms with E-state index in [4.69, 9.17) is 0 Å². The number of carbonyl (C=O) groups excluding carboxylic acids is 1. The van der Waals surface area contributed by atoms with E-state index in [9.17, 15) is 4.79 Å². The monoisotopic (exact) mass is 234 g/mol. The van der Waals surface area contributed by atoms with Gasteiger partial charge in [0.2, 0.25) is 5.91 Å². The van der Waals surface area contributed by atoms with Crippen LogP contribution in [-0.4, -0.2) is 29.0 Å². The Balaban J connectivity index is 1.70. The van der Waals surface area contributed by atoms with Crippen molar-refractivity contribution in [1.29, 1.82) is 0 Å². The van der Waals surface area contributed by atoms with Gasteiger partial charge in [-0.15, -0.1) is 0 Å². The third-order valence-electron chi connectivity index (χ3n) is 3.01. The van der Waals surface area contributed by atoms with E-state index >= 15 is 0 Å². The lowest BCUT2D eigenvalue weighted by molar-refractivity contribution is -0.116. The molecule has 0 radical (unpaired) electrons. The van der Waals surface area contributed by atoms with Crippen LogP contribution >= 0.6 is 0 Å². The van der Waals surface area contributed by atoms with Crippen LogP contribution in [0.3, 0.4) is 0 Å². The molecule has 5 nitrogen and oxygen atoms in total. The summed E-state index contributed by atoms with van der Waals surface area (Å²) in [5.41, 5.74) is 0. The Morgan fingerprint density at radius 3 is 3.18 bits per heavy atom. The molecule has 1 unspecified atom stereocenters. The zero-order chi connectivity index (χ0) is 11.9. The SMILES string of the molecule is O=C(CCC1CCCNC1)Nc1cnccn1. The standard InChI is InChI=1S/C12H18N4O/c17-12(16-11-9-14-6-7-15-11)4-3-10-2-1-5-13-8-10/h6-7,9-10,13H,1-5,8H2,(H,15,16,17). The van der Waals surface area contributed by atoms with Crippen LogP contribution in [0.15, 0.2) is 18.6 Å². The Hall–Kier alpha value is -1.49. The van der Waals surface area contributed by atoms with Crippen LogP contribution in [0.25, 0.3) is 0 Å². The van der Waals surface area contributed by atoms with Gasteiger partial charge in [0.1, 0.15) is 0 Å². The molecule has 1 atom stereocenters. The number of aromatic nitrogens is 2. The average molecular weight is 234 g/mol. The highest BCUT2D eigenvalue weighted by molar-refractivity contribution is 5.89. The highest BCUT2D eigenvalue weighted by Crippen LogP contribution is 2.16. The minimum absolute atomic E-state index is 0.0241. The van der Waals surface area contributed by atoms with Crippen LogP contribution in [0, 0.1) is 5.92 Å². The second-order valence-electron chi connectivity index (χ2n) is 4.39. The zero-order valence-corrected chi connectivity index (χ0v) is 9.85. The first-order chi connectivity index (χ1) is 8.34. The highest BCUT2D eigenvalue weighted by Gasteiger charge is 2.14. The number of piperidine rings is 1. The highest BCUT2D eigenvalue weighted by atomic mass is 16.1. The molecule has 5 heteroatoms. The summed E-state index contributed by atoms with van der Waals surface area (Å²) >= 11 is 0. The van der Waals surface area contributed by atoms with Gasteiger partial charge in [-0.2, -0.15) is 0 Å². The molecule has 17 heavy (non-hydrogen) atoms. The van der Waals surface area contributed by atoms with Gasteiger partial charge >= 0.3 is 0 Å². The third kappa shape index (κ3) is 4.11. The van der Waals surface area contributed by atoms with E-state index in [0.29, 0.717) is 18.2 Å². The number of hydrogen-bond donors (Lipinski definition) is 2. The van der Waals surface area contributed by atoms with Gasteiger partial charge < -0.3 is 10.6 Å². The molecule has 2 heterocycles. The number of anilines is 1. The fourth-order valence-electron chi connectivity index (χ4n) is 2.07. The van der Waals surface area contributed by atoms with E-state index in [1.54, 1.807) is 18.6 Å². The number of hydrogen-bond acceptors (Lipinski definition) is 4. The number of rotatable bonds is 4. The number of amides is 1. The molecule has 1 aromatic heterocycles. The molecule has 0 spiro atoms. The number of carbonyl (C=O) groups is 1. The van der Waals surface area contributed by atoms with Gasteiger partial charge in [-0.25, -0.2) is 4.98 Å². The molecule has 0 aromatic carbocycles. The van der Waals surface area contributed by atoms with Gasteiger partial charge in [0, 0.05) is 18.8 Å². The maximum absolute atomic E-state index is 11.7. The second kappa shape index (κ2) is 6.30. The Kier molecular flexibility index (Phi) is 4.44. The molecule has 2 rings (SSSR count). The molecule has 1 fully saturated rings. The van der Waals surface area contributed by atoms with Gasteiger partial charge in [0.15, 0.2) is 5.82 Å². The zero-order valence-electron chi connectivity index (χ0n) is 9.85. The lowest BCUT2D eigenvalue weighted by atomic mass is 9.94. The van der Waals surface area contributed by atoms with Crippen molar-refractivity contribution in [2.45, 2.75) is 25.7 Å². The number of nitrogens with one attached hydrogen (secondary N) is 2.